The molecule has 15 heavy (non-hydrogen) atoms. The Kier molecular flexibility index (Phi) is 2.73. The van der Waals surface area contributed by atoms with Crippen molar-refractivity contribution < 1.29 is 0 Å². The maximum Gasteiger partial charge on any atom is 0.00152 e. The molecular formula is C13H24N2. The number of hydrogen-bond acceptors (Lipinski definition) is 2. The molecule has 2 heteroatoms. The van der Waals surface area contributed by atoms with Crippen LogP contribution in [0.5, 0.6) is 0 Å². The van der Waals surface area contributed by atoms with Gasteiger partial charge >= 0.3 is 0 Å². The van der Waals surface area contributed by atoms with Crippen molar-refractivity contribution in [2.45, 2.75) is 38.5 Å². The Morgan fingerprint density at radius 2 is 1.80 bits per heavy atom. The average molecular weight is 208 g/mol. The van der Waals surface area contributed by atoms with Crippen molar-refractivity contribution in [3.05, 3.63) is 0 Å². The van der Waals surface area contributed by atoms with Crippen molar-refractivity contribution in [3.8, 4) is 0 Å². The molecular weight excluding hydrogens is 184 g/mol. The minimum absolute atomic E-state index is 0.794. The Morgan fingerprint density at radius 1 is 1.07 bits per heavy atom. The van der Waals surface area contributed by atoms with Crippen molar-refractivity contribution >= 4 is 0 Å². The van der Waals surface area contributed by atoms with Crippen LogP contribution in [0.25, 0.3) is 0 Å². The lowest BCUT2D eigenvalue weighted by molar-refractivity contribution is 0.198. The minimum Gasteiger partial charge on any atom is -0.317 e. The molecule has 0 aromatic heterocycles. The van der Waals surface area contributed by atoms with Crippen LogP contribution in [0.3, 0.4) is 0 Å². The first kappa shape index (κ1) is 10.1. The number of nitrogens with one attached hydrogen (secondary N) is 1. The molecule has 2 saturated heterocycles. The van der Waals surface area contributed by atoms with Crippen LogP contribution in [-0.4, -0.2) is 37.6 Å². The second-order valence-corrected chi connectivity index (χ2v) is 5.87. The summed E-state index contributed by atoms with van der Waals surface area (Å²) in [4.78, 5) is 2.73. The van der Waals surface area contributed by atoms with Gasteiger partial charge in [0.25, 0.3) is 0 Å². The zero-order valence-electron chi connectivity index (χ0n) is 9.80. The fraction of sp³-hybridized carbons (Fsp3) is 1.00. The monoisotopic (exact) mass is 208 g/mol. The van der Waals surface area contributed by atoms with Crippen LogP contribution in [0.15, 0.2) is 0 Å². The highest BCUT2D eigenvalue weighted by Gasteiger charge is 2.53. The van der Waals surface area contributed by atoms with Crippen molar-refractivity contribution in [1.29, 1.82) is 0 Å². The molecule has 3 fully saturated rings. The lowest BCUT2D eigenvalue weighted by atomic mass is 9.91. The molecule has 1 spiro atoms. The summed E-state index contributed by atoms with van der Waals surface area (Å²) in [5.74, 6) is 1.05. The Morgan fingerprint density at radius 3 is 2.53 bits per heavy atom. The van der Waals surface area contributed by atoms with E-state index in [1.165, 1.54) is 71.2 Å². The maximum atomic E-state index is 3.49. The quantitative estimate of drug-likeness (QED) is 0.745. The normalized spacial score (nSPS) is 35.6. The maximum absolute atomic E-state index is 3.49. The summed E-state index contributed by atoms with van der Waals surface area (Å²) in [5.41, 5.74) is 0.794. The van der Waals surface area contributed by atoms with Gasteiger partial charge < -0.3 is 10.2 Å². The number of piperidine rings is 2. The van der Waals surface area contributed by atoms with E-state index in [0.29, 0.717) is 0 Å². The zero-order chi connectivity index (χ0) is 10.1. The molecule has 2 aliphatic heterocycles. The van der Waals surface area contributed by atoms with Gasteiger partial charge in [0, 0.05) is 6.54 Å². The van der Waals surface area contributed by atoms with Gasteiger partial charge in [0.15, 0.2) is 0 Å². The summed E-state index contributed by atoms with van der Waals surface area (Å²) in [7, 11) is 0. The highest BCUT2D eigenvalue weighted by atomic mass is 15.1. The molecule has 1 aliphatic carbocycles. The number of rotatable bonds is 2. The van der Waals surface area contributed by atoms with Crippen LogP contribution < -0.4 is 5.32 Å². The molecule has 0 aromatic rings. The van der Waals surface area contributed by atoms with Crippen molar-refractivity contribution in [1.82, 2.24) is 10.2 Å². The molecule has 1 atom stereocenters. The predicted molar refractivity (Wildman–Crippen MR) is 62.9 cm³/mol. The highest BCUT2D eigenvalue weighted by Crippen LogP contribution is 2.58. The SMILES string of the molecule is C1CCN(CC2CC23CCNCC3)CC1. The largest absolute Gasteiger partial charge is 0.317 e. The van der Waals surface area contributed by atoms with Crippen LogP contribution in [0.2, 0.25) is 0 Å². The third kappa shape index (κ3) is 2.07. The lowest BCUT2D eigenvalue weighted by Crippen LogP contribution is -2.35. The average Bonchev–Trinajstić information content (AvgIpc) is 2.93. The number of nitrogens with zero attached hydrogens (tertiary/aromatic N) is 1. The molecule has 2 nitrogen and oxygen atoms in total. The molecule has 0 bridgehead atoms. The molecule has 1 unspecified atom stereocenters. The molecule has 3 aliphatic rings. The molecule has 1 N–H and O–H groups in total. The molecule has 1 saturated carbocycles. The lowest BCUT2D eigenvalue weighted by Gasteiger charge is -2.29. The van der Waals surface area contributed by atoms with Gasteiger partial charge in [-0.05, 0) is 69.6 Å². The Labute approximate surface area is 93.4 Å². The molecule has 86 valence electrons. The third-order valence-corrected chi connectivity index (χ3v) is 4.89. The summed E-state index contributed by atoms with van der Waals surface area (Å²) < 4.78 is 0. The van der Waals surface area contributed by atoms with Crippen molar-refractivity contribution in [2.24, 2.45) is 11.3 Å². The van der Waals surface area contributed by atoms with E-state index in [2.05, 4.69) is 10.2 Å². The van der Waals surface area contributed by atoms with Gasteiger partial charge in [-0.15, -0.1) is 0 Å². The molecule has 3 rings (SSSR count). The van der Waals surface area contributed by atoms with Gasteiger partial charge in [0.1, 0.15) is 0 Å². The van der Waals surface area contributed by atoms with E-state index in [-0.39, 0.29) is 0 Å². The fourth-order valence-electron chi connectivity index (χ4n) is 3.68. The van der Waals surface area contributed by atoms with E-state index in [0.717, 1.165) is 11.3 Å². The summed E-state index contributed by atoms with van der Waals surface area (Å²) >= 11 is 0. The highest BCUT2D eigenvalue weighted by molar-refractivity contribution is 5.05. The van der Waals surface area contributed by atoms with E-state index >= 15 is 0 Å². The van der Waals surface area contributed by atoms with E-state index < -0.39 is 0 Å². The third-order valence-electron chi connectivity index (χ3n) is 4.89. The Bertz CT molecular complexity index is 215. The van der Waals surface area contributed by atoms with Crippen molar-refractivity contribution in [2.75, 3.05) is 32.7 Å². The number of hydrogen-bond donors (Lipinski definition) is 1. The molecule has 0 aromatic carbocycles. The smallest absolute Gasteiger partial charge is 0.00152 e. The van der Waals surface area contributed by atoms with Gasteiger partial charge in [-0.3, -0.25) is 0 Å². The number of likely N-dealkylation sites (tertiary alicyclic amines) is 1. The first-order valence-electron chi connectivity index (χ1n) is 6.82. The fourth-order valence-corrected chi connectivity index (χ4v) is 3.68. The Hall–Kier alpha value is -0.0800. The van der Waals surface area contributed by atoms with E-state index in [1.54, 1.807) is 0 Å². The summed E-state index contributed by atoms with van der Waals surface area (Å²) in [6.07, 6.45) is 8.79. The van der Waals surface area contributed by atoms with Gasteiger partial charge in [-0.1, -0.05) is 6.42 Å². The van der Waals surface area contributed by atoms with Gasteiger partial charge in [0.2, 0.25) is 0 Å². The topological polar surface area (TPSA) is 15.3 Å². The molecule has 0 amide bonds. The Balaban J connectivity index is 1.48. The molecule has 2 heterocycles. The summed E-state index contributed by atoms with van der Waals surface area (Å²) in [5, 5.41) is 3.49. The molecule has 0 radical (unpaired) electrons. The van der Waals surface area contributed by atoms with Crippen LogP contribution in [-0.2, 0) is 0 Å². The first-order valence-corrected chi connectivity index (χ1v) is 6.82. The van der Waals surface area contributed by atoms with Crippen LogP contribution in [0.4, 0.5) is 0 Å². The second kappa shape index (κ2) is 4.06. The van der Waals surface area contributed by atoms with Crippen LogP contribution in [0.1, 0.15) is 38.5 Å². The predicted octanol–water partition coefficient (Wildman–Crippen LogP) is 1.86. The standard InChI is InChI=1S/C13H24N2/c1-2-8-15(9-3-1)11-12-10-13(12)4-6-14-7-5-13/h12,14H,1-11H2. The zero-order valence-corrected chi connectivity index (χ0v) is 9.80. The second-order valence-electron chi connectivity index (χ2n) is 5.87. The van der Waals surface area contributed by atoms with E-state index in [1.807, 2.05) is 0 Å². The summed E-state index contributed by atoms with van der Waals surface area (Å²) in [6, 6.07) is 0. The minimum atomic E-state index is 0.794. The first-order chi connectivity index (χ1) is 7.39. The van der Waals surface area contributed by atoms with E-state index in [4.69, 9.17) is 0 Å². The van der Waals surface area contributed by atoms with E-state index in [9.17, 15) is 0 Å². The van der Waals surface area contributed by atoms with Gasteiger partial charge in [-0.25, -0.2) is 0 Å². The van der Waals surface area contributed by atoms with Crippen LogP contribution >= 0.6 is 0 Å². The van der Waals surface area contributed by atoms with Gasteiger partial charge in [-0.2, -0.15) is 0 Å². The summed E-state index contributed by atoms with van der Waals surface area (Å²) in [6.45, 7) is 6.72. The van der Waals surface area contributed by atoms with Crippen LogP contribution in [0, 0.1) is 11.3 Å². The van der Waals surface area contributed by atoms with Crippen molar-refractivity contribution in [3.63, 3.8) is 0 Å². The van der Waals surface area contributed by atoms with Gasteiger partial charge in [0.05, 0.1) is 0 Å².